The molecule has 0 bridgehead atoms. The normalized spacial score (nSPS) is 26.6. The van der Waals surface area contributed by atoms with Crippen molar-refractivity contribution in [1.29, 1.82) is 0 Å². The van der Waals surface area contributed by atoms with Gasteiger partial charge in [0.25, 0.3) is 0 Å². The first-order chi connectivity index (χ1) is 16.4. The molecule has 1 aliphatic carbocycles. The van der Waals surface area contributed by atoms with E-state index in [2.05, 4.69) is 38.4 Å². The number of piperidine rings is 1. The van der Waals surface area contributed by atoms with Gasteiger partial charge in [0.05, 0.1) is 17.1 Å². The number of hydrogen-bond acceptors (Lipinski definition) is 6. The van der Waals surface area contributed by atoms with Crippen LogP contribution in [0.2, 0.25) is 0 Å². The van der Waals surface area contributed by atoms with Crippen molar-refractivity contribution in [3.63, 3.8) is 0 Å². The molecule has 2 aliphatic heterocycles. The quantitative estimate of drug-likeness (QED) is 0.650. The van der Waals surface area contributed by atoms with Crippen LogP contribution >= 0.6 is 0 Å². The number of hydrogen-bond donors (Lipinski definition) is 2. The Balaban J connectivity index is 1.23. The molecule has 3 heterocycles. The Labute approximate surface area is 199 Å². The van der Waals surface area contributed by atoms with Gasteiger partial charge >= 0.3 is 5.97 Å². The van der Waals surface area contributed by atoms with E-state index in [1.165, 1.54) is 0 Å². The van der Waals surface area contributed by atoms with Crippen LogP contribution in [0.25, 0.3) is 10.9 Å². The van der Waals surface area contributed by atoms with Gasteiger partial charge in [0.1, 0.15) is 0 Å². The Morgan fingerprint density at radius 1 is 1.09 bits per heavy atom. The largest absolute Gasteiger partial charge is 0.481 e. The van der Waals surface area contributed by atoms with E-state index in [0.717, 1.165) is 74.1 Å². The zero-order valence-corrected chi connectivity index (χ0v) is 19.7. The van der Waals surface area contributed by atoms with Gasteiger partial charge in [-0.25, -0.2) is 0 Å². The molecule has 0 spiro atoms. The van der Waals surface area contributed by atoms with Gasteiger partial charge in [0.15, 0.2) is 0 Å². The van der Waals surface area contributed by atoms with Gasteiger partial charge in [0, 0.05) is 63.2 Å². The van der Waals surface area contributed by atoms with Crippen molar-refractivity contribution >= 4 is 34.4 Å². The summed E-state index contributed by atoms with van der Waals surface area (Å²) in [5.41, 5.74) is 2.91. The molecule has 3 aliphatic rings. The number of amides is 2. The smallest absolute Gasteiger partial charge is 0.303 e. The third-order valence-electron chi connectivity index (χ3n) is 7.91. The maximum Gasteiger partial charge on any atom is 0.303 e. The highest BCUT2D eigenvalue weighted by Gasteiger charge is 2.32. The number of fused-ring (bicyclic) bond motifs is 1. The lowest BCUT2D eigenvalue weighted by molar-refractivity contribution is -0.138. The zero-order chi connectivity index (χ0) is 23.8. The Hall–Kier alpha value is -2.94. The van der Waals surface area contributed by atoms with Crippen LogP contribution in [0.3, 0.4) is 0 Å². The lowest BCUT2D eigenvalue weighted by Gasteiger charge is -2.42. The van der Waals surface area contributed by atoms with Gasteiger partial charge in [-0.15, -0.1) is 0 Å². The summed E-state index contributed by atoms with van der Waals surface area (Å²) in [6.45, 7) is 3.94. The predicted octanol–water partition coefficient (Wildman–Crippen LogP) is 2.25. The molecular weight excluding hydrogens is 434 g/mol. The standard InChI is InChI=1S/C25H33N5O4/c1-28-21-15-18(6-7-19(21)24(27-28)20-8-9-22(31)26-25(20)34)30-12-10-29(11-13-30)17-4-2-16(3-5-17)14-23(32)33/h6-7,15-17,20H,2-5,8-14H2,1H3,(H,32,33)(H,26,31,34)/t16-,17-,20?. The van der Waals surface area contributed by atoms with Crippen molar-refractivity contribution < 1.29 is 19.5 Å². The second-order valence-electron chi connectivity index (χ2n) is 10.0. The number of rotatable bonds is 5. The van der Waals surface area contributed by atoms with E-state index in [9.17, 15) is 14.4 Å². The summed E-state index contributed by atoms with van der Waals surface area (Å²) in [6.07, 6.45) is 5.39. The van der Waals surface area contributed by atoms with Crippen molar-refractivity contribution in [2.75, 3.05) is 31.1 Å². The number of imide groups is 1. The monoisotopic (exact) mass is 467 g/mol. The lowest BCUT2D eigenvalue weighted by atomic mass is 9.83. The summed E-state index contributed by atoms with van der Waals surface area (Å²) in [6, 6.07) is 6.91. The van der Waals surface area contributed by atoms with Gasteiger partial charge < -0.3 is 10.0 Å². The molecule has 1 aromatic heterocycles. The summed E-state index contributed by atoms with van der Waals surface area (Å²) in [4.78, 5) is 39.9. The first kappa shape index (κ1) is 22.8. The van der Waals surface area contributed by atoms with Crippen LogP contribution in [0.5, 0.6) is 0 Å². The molecule has 1 aromatic carbocycles. The maximum atomic E-state index is 12.4. The Morgan fingerprint density at radius 3 is 2.50 bits per heavy atom. The van der Waals surface area contributed by atoms with E-state index < -0.39 is 5.97 Å². The predicted molar refractivity (Wildman–Crippen MR) is 128 cm³/mol. The molecule has 2 saturated heterocycles. The number of carboxylic acids is 1. The summed E-state index contributed by atoms with van der Waals surface area (Å²) >= 11 is 0. The average molecular weight is 468 g/mol. The van der Waals surface area contributed by atoms with Crippen molar-refractivity contribution in [3.8, 4) is 0 Å². The highest BCUT2D eigenvalue weighted by atomic mass is 16.4. The SMILES string of the molecule is Cn1nc(C2CCC(=O)NC2=O)c2ccc(N3CCN([C@H]4CC[C@H](CC(=O)O)CC4)CC3)cc21. The minimum Gasteiger partial charge on any atom is -0.481 e. The number of carboxylic acid groups (broad SMARTS) is 1. The highest BCUT2D eigenvalue weighted by Crippen LogP contribution is 2.33. The summed E-state index contributed by atoms with van der Waals surface area (Å²) in [5, 5.41) is 17.1. The van der Waals surface area contributed by atoms with Gasteiger partial charge in [-0.3, -0.25) is 29.3 Å². The topological polar surface area (TPSA) is 108 Å². The maximum absolute atomic E-state index is 12.4. The second kappa shape index (κ2) is 9.37. The van der Waals surface area contributed by atoms with Gasteiger partial charge in [0.2, 0.25) is 11.8 Å². The van der Waals surface area contributed by atoms with Crippen LogP contribution < -0.4 is 10.2 Å². The number of piperazine rings is 1. The van der Waals surface area contributed by atoms with Crippen LogP contribution in [-0.4, -0.2) is 69.8 Å². The van der Waals surface area contributed by atoms with Crippen LogP contribution in [0, 0.1) is 5.92 Å². The second-order valence-corrected chi connectivity index (χ2v) is 10.0. The molecule has 2 amide bonds. The van der Waals surface area contributed by atoms with E-state index in [-0.39, 0.29) is 17.7 Å². The number of anilines is 1. The van der Waals surface area contributed by atoms with Crippen molar-refractivity contribution in [2.45, 2.75) is 56.9 Å². The number of nitrogens with one attached hydrogen (secondary N) is 1. The van der Waals surface area contributed by atoms with Crippen molar-refractivity contribution in [1.82, 2.24) is 20.0 Å². The molecule has 0 radical (unpaired) electrons. The molecule has 34 heavy (non-hydrogen) atoms. The molecule has 9 heteroatoms. The zero-order valence-electron chi connectivity index (χ0n) is 19.7. The molecule has 2 N–H and O–H groups in total. The Morgan fingerprint density at radius 2 is 1.82 bits per heavy atom. The van der Waals surface area contributed by atoms with Crippen molar-refractivity contribution in [2.24, 2.45) is 13.0 Å². The molecule has 2 aromatic rings. The first-order valence-corrected chi connectivity index (χ1v) is 12.4. The molecule has 1 atom stereocenters. The van der Waals surface area contributed by atoms with E-state index in [1.807, 2.05) is 11.7 Å². The number of aryl methyl sites for hydroxylation is 1. The summed E-state index contributed by atoms with van der Waals surface area (Å²) in [5.74, 6) is -1.19. The minimum atomic E-state index is -0.674. The molecule has 3 fully saturated rings. The van der Waals surface area contributed by atoms with Crippen molar-refractivity contribution in [3.05, 3.63) is 23.9 Å². The lowest BCUT2D eigenvalue weighted by Crippen LogP contribution is -2.51. The van der Waals surface area contributed by atoms with Crippen LogP contribution in [0.4, 0.5) is 5.69 Å². The number of nitrogens with zero attached hydrogens (tertiary/aromatic N) is 4. The number of carbonyl (C=O) groups excluding carboxylic acids is 2. The fraction of sp³-hybridized carbons (Fsp3) is 0.600. The molecule has 1 saturated carbocycles. The number of carbonyl (C=O) groups is 3. The number of benzene rings is 1. The fourth-order valence-corrected chi connectivity index (χ4v) is 5.99. The molecular formula is C25H33N5O4. The molecule has 9 nitrogen and oxygen atoms in total. The van der Waals surface area contributed by atoms with Gasteiger partial charge in [-0.1, -0.05) is 0 Å². The molecule has 5 rings (SSSR count). The summed E-state index contributed by atoms with van der Waals surface area (Å²) in [7, 11) is 1.90. The Bertz CT molecular complexity index is 1100. The number of aliphatic carboxylic acids is 1. The summed E-state index contributed by atoms with van der Waals surface area (Å²) < 4.78 is 1.84. The van der Waals surface area contributed by atoms with Gasteiger partial charge in [-0.2, -0.15) is 5.10 Å². The molecule has 182 valence electrons. The van der Waals surface area contributed by atoms with Crippen LogP contribution in [-0.2, 0) is 21.4 Å². The molecule has 1 unspecified atom stereocenters. The van der Waals surface area contributed by atoms with Crippen LogP contribution in [0.1, 0.15) is 56.6 Å². The van der Waals surface area contributed by atoms with E-state index >= 15 is 0 Å². The first-order valence-electron chi connectivity index (χ1n) is 12.4. The Kier molecular flexibility index (Phi) is 6.29. The fourth-order valence-electron chi connectivity index (χ4n) is 5.99. The van der Waals surface area contributed by atoms with Gasteiger partial charge in [-0.05, 0) is 56.2 Å². The van der Waals surface area contributed by atoms with E-state index in [1.54, 1.807) is 0 Å². The third-order valence-corrected chi connectivity index (χ3v) is 7.91. The van der Waals surface area contributed by atoms with Crippen LogP contribution in [0.15, 0.2) is 18.2 Å². The average Bonchev–Trinajstić information content (AvgIpc) is 3.15. The van der Waals surface area contributed by atoms with E-state index in [4.69, 9.17) is 5.11 Å². The minimum absolute atomic E-state index is 0.212. The highest BCUT2D eigenvalue weighted by molar-refractivity contribution is 6.02. The number of aromatic nitrogens is 2. The third kappa shape index (κ3) is 4.53. The van der Waals surface area contributed by atoms with E-state index in [0.29, 0.717) is 31.2 Å².